The second-order valence-electron chi connectivity index (χ2n) is 11.2. The molecule has 0 unspecified atom stereocenters. The van der Waals surface area contributed by atoms with E-state index < -0.39 is 36.8 Å². The predicted molar refractivity (Wildman–Crippen MR) is 184 cm³/mol. The molecular weight excluding hydrogens is 746 g/mol. The van der Waals surface area contributed by atoms with Gasteiger partial charge in [0.2, 0.25) is 0 Å². The van der Waals surface area contributed by atoms with Crippen LogP contribution in [0.2, 0.25) is 26.6 Å². The molecule has 1 aromatic rings. The second-order valence-corrected chi connectivity index (χ2v) is 47.6. The van der Waals surface area contributed by atoms with Crippen molar-refractivity contribution in [2.45, 2.75) is 154 Å². The summed E-state index contributed by atoms with van der Waals surface area (Å²) >= 11 is 10.1. The van der Waals surface area contributed by atoms with Gasteiger partial charge in [0, 0.05) is 0 Å². The molecule has 0 bridgehead atoms. The molecule has 0 aromatic carbocycles. The van der Waals surface area contributed by atoms with Crippen molar-refractivity contribution >= 4 is 95.2 Å². The molecule has 1 heterocycles. The Bertz CT molecular complexity index is 615. The van der Waals surface area contributed by atoms with Gasteiger partial charge in [-0.15, -0.1) is 0 Å². The number of hydrogen-bond donors (Lipinski definition) is 0. The Morgan fingerprint density at radius 2 is 0.750 bits per heavy atom. The Morgan fingerprint density at radius 1 is 0.500 bits per heavy atom. The van der Waals surface area contributed by atoms with Gasteiger partial charge in [-0.2, -0.15) is 0 Å². The van der Waals surface area contributed by atoms with E-state index in [4.69, 9.17) is 12.2 Å². The van der Waals surface area contributed by atoms with Crippen LogP contribution in [0.5, 0.6) is 0 Å². The van der Waals surface area contributed by atoms with Crippen LogP contribution in [0.1, 0.15) is 119 Å². The molecule has 0 aliphatic carbocycles. The quantitative estimate of drug-likeness (QED) is 0.0580. The minimum atomic E-state index is -2.12. The van der Waals surface area contributed by atoms with Crippen LogP contribution in [-0.4, -0.2) is 44.3 Å². The summed E-state index contributed by atoms with van der Waals surface area (Å²) in [7, 11) is 0. The first kappa shape index (κ1) is 36.6. The van der Waals surface area contributed by atoms with Crippen LogP contribution < -0.4 is 0 Å². The predicted octanol–water partition coefficient (Wildman–Crippen LogP) is 13.5. The van der Waals surface area contributed by atoms with Crippen molar-refractivity contribution < 1.29 is 0 Å². The van der Waals surface area contributed by atoms with Crippen LogP contribution in [0.4, 0.5) is 0 Å². The monoisotopic (exact) mass is 806 g/mol. The molecule has 0 N–H and O–H groups in total. The van der Waals surface area contributed by atoms with E-state index in [9.17, 15) is 0 Å². The van der Waals surface area contributed by atoms with Crippen LogP contribution in [0.3, 0.4) is 0 Å². The van der Waals surface area contributed by atoms with Crippen molar-refractivity contribution in [3.63, 3.8) is 0 Å². The second kappa shape index (κ2) is 22.2. The number of thioether (sulfide) groups is 2. The molecule has 0 saturated heterocycles. The van der Waals surface area contributed by atoms with Crippen LogP contribution in [0.25, 0.3) is 0 Å². The molecule has 0 saturated carbocycles. The molecule has 0 nitrogen and oxygen atoms in total. The average molecular weight is 805 g/mol. The first-order chi connectivity index (χ1) is 17.4. The van der Waals surface area contributed by atoms with Crippen LogP contribution in [0.15, 0.2) is 8.42 Å². The molecule has 0 radical (unpaired) electrons. The van der Waals surface area contributed by atoms with E-state index in [0.29, 0.717) is 0 Å². The van der Waals surface area contributed by atoms with Gasteiger partial charge in [-0.3, -0.25) is 0 Å². The van der Waals surface area contributed by atoms with Crippen LogP contribution in [-0.2, 0) is 0 Å². The Kier molecular flexibility index (Phi) is 22.6. The van der Waals surface area contributed by atoms with E-state index >= 15 is 0 Å². The van der Waals surface area contributed by atoms with Crippen molar-refractivity contribution in [3.8, 4) is 0 Å². The molecule has 0 fully saturated rings. The molecule has 36 heavy (non-hydrogen) atoms. The zero-order chi connectivity index (χ0) is 26.7. The van der Waals surface area contributed by atoms with Gasteiger partial charge < -0.3 is 0 Å². The Balaban J connectivity index is 3.06. The summed E-state index contributed by atoms with van der Waals surface area (Å²) in [6.45, 7) is 14.4. The molecule has 1 aromatic heterocycles. The first-order valence-corrected chi connectivity index (χ1v) is 35.5. The van der Waals surface area contributed by atoms with Gasteiger partial charge in [0.25, 0.3) is 0 Å². The number of unbranched alkanes of at least 4 members (excludes halogenated alkanes) is 6. The molecular formula is C29H58S5Sn2. The maximum absolute atomic E-state index is 5.80. The summed E-state index contributed by atoms with van der Waals surface area (Å²) in [6.07, 6.45) is 17.1. The van der Waals surface area contributed by atoms with Gasteiger partial charge in [0.1, 0.15) is 0 Å². The SMILES string of the molecule is CCC[CH2][Sn]([CH2]CCC)([CH2]CCC)[CH2]Sc1sc(=S)sc1S[CH2][Sn]([CH2]CCC)([CH2]CCC)[CH2]CCC. The molecule has 7 heteroatoms. The summed E-state index contributed by atoms with van der Waals surface area (Å²) in [6, 6.07) is 0. The van der Waals surface area contributed by atoms with Gasteiger partial charge in [0.15, 0.2) is 0 Å². The van der Waals surface area contributed by atoms with Crippen molar-refractivity contribution in [1.29, 1.82) is 0 Å². The number of rotatable bonds is 24. The van der Waals surface area contributed by atoms with Crippen molar-refractivity contribution in [3.05, 3.63) is 3.14 Å². The summed E-state index contributed by atoms with van der Waals surface area (Å²) in [4.78, 5) is 0. The van der Waals surface area contributed by atoms with Crippen LogP contribution in [0, 0.1) is 3.14 Å². The van der Waals surface area contributed by atoms with Crippen LogP contribution >= 0.6 is 58.4 Å². The van der Waals surface area contributed by atoms with Gasteiger partial charge >= 0.3 is 259 Å². The fraction of sp³-hybridized carbons (Fsp3) is 0.897. The third-order valence-electron chi connectivity index (χ3n) is 7.90. The van der Waals surface area contributed by atoms with Gasteiger partial charge in [-0.25, -0.2) is 0 Å². The van der Waals surface area contributed by atoms with E-state index in [-0.39, 0.29) is 0 Å². The molecule has 1 rings (SSSR count). The standard InChI is InChI=1S/C5H4S5.6C4H9.2Sn/c1-7-3-4(8-2)10-5(6)9-3;6*1-3-4-2;;/h1-2H2;6*1,3-4H2,2H3;;. The molecule has 0 spiro atoms. The molecule has 0 amide bonds. The van der Waals surface area contributed by atoms with E-state index in [1.807, 2.05) is 22.7 Å². The Labute approximate surface area is 256 Å². The molecule has 0 aliphatic rings. The van der Waals surface area contributed by atoms with E-state index in [0.717, 1.165) is 0 Å². The van der Waals surface area contributed by atoms with Crippen molar-refractivity contribution in [2.24, 2.45) is 0 Å². The third kappa shape index (κ3) is 14.5. The Morgan fingerprint density at radius 3 is 0.972 bits per heavy atom. The van der Waals surface area contributed by atoms with Crippen molar-refractivity contribution in [2.75, 3.05) is 7.54 Å². The molecule has 0 atom stereocenters. The summed E-state index contributed by atoms with van der Waals surface area (Å²) in [5, 5.41) is 0. The van der Waals surface area contributed by atoms with Gasteiger partial charge in [0.05, 0.1) is 0 Å². The van der Waals surface area contributed by atoms with Crippen molar-refractivity contribution in [1.82, 2.24) is 0 Å². The zero-order valence-electron chi connectivity index (χ0n) is 24.7. The van der Waals surface area contributed by atoms with E-state index in [1.165, 1.54) is 87.7 Å². The fourth-order valence-corrected chi connectivity index (χ4v) is 52.2. The van der Waals surface area contributed by atoms with Gasteiger partial charge in [-0.1, -0.05) is 0 Å². The molecule has 0 aliphatic heterocycles. The van der Waals surface area contributed by atoms with E-state index in [1.54, 1.807) is 35.0 Å². The average Bonchev–Trinajstić information content (AvgIpc) is 3.26. The Hall–Kier alpha value is 2.57. The topological polar surface area (TPSA) is 0 Å². The van der Waals surface area contributed by atoms with Gasteiger partial charge in [-0.05, 0) is 0 Å². The first-order valence-electron chi connectivity index (χ1n) is 15.3. The normalized spacial score (nSPS) is 12.5. The zero-order valence-corrected chi connectivity index (χ0v) is 34.5. The summed E-state index contributed by atoms with van der Waals surface area (Å²) in [5.41, 5.74) is 0. The number of hydrogen-bond acceptors (Lipinski definition) is 5. The third-order valence-corrected chi connectivity index (χ3v) is 51.4. The minimum absolute atomic E-state index is 1.17. The molecule has 212 valence electrons. The van der Waals surface area contributed by atoms with E-state index in [2.05, 4.69) is 65.1 Å². The fourth-order valence-electron chi connectivity index (χ4n) is 5.36. The summed E-state index contributed by atoms with van der Waals surface area (Å²) < 4.78 is 17.2. The summed E-state index contributed by atoms with van der Waals surface area (Å²) in [5.74, 6) is 0. The maximum atomic E-state index is 5.80.